The highest BCUT2D eigenvalue weighted by Gasteiger charge is 2.39. The minimum Gasteiger partial charge on any atom is -0.351 e. The minimum atomic E-state index is -0.642. The van der Waals surface area contributed by atoms with Crippen molar-refractivity contribution in [1.82, 2.24) is 30.5 Å². The largest absolute Gasteiger partial charge is 0.351 e. The molecular weight excluding hydrogens is 364 g/mol. The fraction of sp³-hybridized carbons (Fsp3) is 0.333. The van der Waals surface area contributed by atoms with Crippen LogP contribution in [0.1, 0.15) is 41.4 Å². The Hall–Kier alpha value is -3.56. The van der Waals surface area contributed by atoms with Crippen LogP contribution in [0.15, 0.2) is 24.4 Å². The van der Waals surface area contributed by atoms with Gasteiger partial charge in [-0.1, -0.05) is 11.3 Å². The molecule has 2 aliphatic rings. The maximum absolute atomic E-state index is 12.9. The molecule has 1 saturated heterocycles. The number of imide groups is 1. The van der Waals surface area contributed by atoms with Crippen LogP contribution in [0.5, 0.6) is 0 Å². The van der Waals surface area contributed by atoms with Crippen LogP contribution in [0.2, 0.25) is 0 Å². The predicted octanol–water partition coefficient (Wildman–Crippen LogP) is -0.336. The molecule has 4 rings (SSSR count). The number of piperidine rings is 1. The molecule has 0 aliphatic carbocycles. The van der Waals surface area contributed by atoms with Gasteiger partial charge in [0.2, 0.25) is 17.7 Å². The maximum Gasteiger partial charge on any atom is 0.255 e. The molecule has 144 valence electrons. The molecule has 0 bridgehead atoms. The number of amides is 4. The zero-order valence-corrected chi connectivity index (χ0v) is 15.1. The van der Waals surface area contributed by atoms with Gasteiger partial charge in [-0.2, -0.15) is 0 Å². The minimum absolute atomic E-state index is 0.161. The predicted molar refractivity (Wildman–Crippen MR) is 94.9 cm³/mol. The van der Waals surface area contributed by atoms with Crippen molar-refractivity contribution in [1.29, 1.82) is 0 Å². The van der Waals surface area contributed by atoms with Crippen molar-refractivity contribution in [2.75, 3.05) is 0 Å². The number of hydrogen-bond donors (Lipinski definition) is 2. The number of nitrogens with zero attached hydrogens (tertiary/aromatic N) is 4. The van der Waals surface area contributed by atoms with Crippen molar-refractivity contribution < 1.29 is 19.2 Å². The van der Waals surface area contributed by atoms with E-state index in [1.807, 2.05) is 12.1 Å². The molecule has 28 heavy (non-hydrogen) atoms. The number of fused-ring (bicyclic) bond motifs is 1. The van der Waals surface area contributed by atoms with Crippen molar-refractivity contribution in [2.45, 2.75) is 38.9 Å². The second-order valence-electron chi connectivity index (χ2n) is 6.81. The lowest BCUT2D eigenvalue weighted by atomic mass is 10.0. The highest BCUT2D eigenvalue weighted by atomic mass is 16.2. The van der Waals surface area contributed by atoms with E-state index in [1.165, 1.54) is 16.5 Å². The first-order valence-corrected chi connectivity index (χ1v) is 8.86. The third-order valence-corrected chi connectivity index (χ3v) is 4.84. The van der Waals surface area contributed by atoms with Crippen molar-refractivity contribution >= 4 is 23.6 Å². The van der Waals surface area contributed by atoms with E-state index in [2.05, 4.69) is 20.9 Å². The first-order chi connectivity index (χ1) is 13.4. The molecule has 10 heteroatoms. The van der Waals surface area contributed by atoms with Gasteiger partial charge in [-0.3, -0.25) is 24.5 Å². The van der Waals surface area contributed by atoms with Gasteiger partial charge in [-0.05, 0) is 24.1 Å². The average molecular weight is 382 g/mol. The zero-order chi connectivity index (χ0) is 19.8. The van der Waals surface area contributed by atoms with Crippen LogP contribution in [0.25, 0.3) is 5.69 Å². The number of hydrogen-bond acceptors (Lipinski definition) is 6. The molecule has 0 saturated carbocycles. The third-order valence-electron chi connectivity index (χ3n) is 4.84. The number of benzene rings is 1. The van der Waals surface area contributed by atoms with Gasteiger partial charge in [0.1, 0.15) is 11.7 Å². The van der Waals surface area contributed by atoms with Gasteiger partial charge in [0, 0.05) is 25.5 Å². The van der Waals surface area contributed by atoms with Crippen LogP contribution in [0, 0.1) is 0 Å². The molecule has 3 heterocycles. The Bertz CT molecular complexity index is 998. The molecule has 1 aromatic carbocycles. The normalized spacial score (nSPS) is 18.8. The van der Waals surface area contributed by atoms with Gasteiger partial charge in [0.05, 0.1) is 18.4 Å². The number of aromatic nitrogens is 3. The third kappa shape index (κ3) is 3.24. The second-order valence-corrected chi connectivity index (χ2v) is 6.81. The van der Waals surface area contributed by atoms with Gasteiger partial charge in [-0.15, -0.1) is 5.10 Å². The second kappa shape index (κ2) is 6.87. The van der Waals surface area contributed by atoms with Crippen LogP contribution < -0.4 is 10.6 Å². The van der Waals surface area contributed by atoms with Gasteiger partial charge in [0.25, 0.3) is 5.91 Å². The first-order valence-electron chi connectivity index (χ1n) is 8.86. The molecular formula is C18H18N6O4. The van der Waals surface area contributed by atoms with Crippen molar-refractivity contribution in [2.24, 2.45) is 0 Å². The Balaban J connectivity index is 1.54. The maximum atomic E-state index is 12.9. The molecule has 2 aliphatic heterocycles. The summed E-state index contributed by atoms with van der Waals surface area (Å²) in [6.07, 6.45) is 2.22. The van der Waals surface area contributed by atoms with Crippen LogP contribution in [0.3, 0.4) is 0 Å². The lowest BCUT2D eigenvalue weighted by Gasteiger charge is -2.29. The van der Waals surface area contributed by atoms with E-state index in [1.54, 1.807) is 12.3 Å². The van der Waals surface area contributed by atoms with Crippen molar-refractivity contribution in [3.63, 3.8) is 0 Å². The summed E-state index contributed by atoms with van der Waals surface area (Å²) in [5.74, 6) is -1.15. The highest BCUT2D eigenvalue weighted by Crippen LogP contribution is 2.28. The van der Waals surface area contributed by atoms with Gasteiger partial charge in [0.15, 0.2) is 0 Å². The van der Waals surface area contributed by atoms with Crippen LogP contribution in [-0.2, 0) is 27.5 Å². The standard InChI is InChI=1S/C18H18N6O4/c1-10(25)19-7-12-9-24(22-21-12)13-3-2-11-8-23(18(28)14(11)6-13)15-4-5-16(26)20-17(15)27/h2-3,6,9,15H,4-5,7-8H2,1H3,(H,19,25)(H,20,26,27). The topological polar surface area (TPSA) is 126 Å². The molecule has 1 unspecified atom stereocenters. The lowest BCUT2D eigenvalue weighted by Crippen LogP contribution is -2.52. The molecule has 1 fully saturated rings. The van der Waals surface area contributed by atoms with E-state index < -0.39 is 11.9 Å². The van der Waals surface area contributed by atoms with E-state index in [-0.39, 0.29) is 30.7 Å². The van der Waals surface area contributed by atoms with E-state index in [0.29, 0.717) is 29.9 Å². The fourth-order valence-electron chi connectivity index (χ4n) is 3.41. The summed E-state index contributed by atoms with van der Waals surface area (Å²) in [5.41, 5.74) is 2.56. The molecule has 4 amide bonds. The number of nitrogens with one attached hydrogen (secondary N) is 2. The Morgan fingerprint density at radius 2 is 2.14 bits per heavy atom. The number of carbonyl (C=O) groups excluding carboxylic acids is 4. The van der Waals surface area contributed by atoms with Crippen LogP contribution in [0.4, 0.5) is 0 Å². The molecule has 10 nitrogen and oxygen atoms in total. The number of rotatable bonds is 4. The van der Waals surface area contributed by atoms with Crippen molar-refractivity contribution in [3.8, 4) is 5.69 Å². The van der Waals surface area contributed by atoms with E-state index in [9.17, 15) is 19.2 Å². The molecule has 0 spiro atoms. The summed E-state index contributed by atoms with van der Waals surface area (Å²) >= 11 is 0. The van der Waals surface area contributed by atoms with E-state index in [0.717, 1.165) is 5.56 Å². The molecule has 1 atom stereocenters. The Kier molecular flexibility index (Phi) is 4.38. The van der Waals surface area contributed by atoms with Gasteiger partial charge < -0.3 is 10.2 Å². The number of carbonyl (C=O) groups is 4. The zero-order valence-electron chi connectivity index (χ0n) is 15.1. The monoisotopic (exact) mass is 382 g/mol. The molecule has 2 aromatic rings. The summed E-state index contributed by atoms with van der Waals surface area (Å²) in [7, 11) is 0. The quantitative estimate of drug-likeness (QED) is 0.697. The van der Waals surface area contributed by atoms with E-state index in [4.69, 9.17) is 0 Å². The molecule has 1 aromatic heterocycles. The Morgan fingerprint density at radius 3 is 2.89 bits per heavy atom. The summed E-state index contributed by atoms with van der Waals surface area (Å²) in [5, 5.41) is 13.0. The Morgan fingerprint density at radius 1 is 1.32 bits per heavy atom. The van der Waals surface area contributed by atoms with Gasteiger partial charge in [-0.25, -0.2) is 4.68 Å². The van der Waals surface area contributed by atoms with Crippen molar-refractivity contribution in [3.05, 3.63) is 41.2 Å². The summed E-state index contributed by atoms with van der Waals surface area (Å²) < 4.78 is 1.53. The Labute approximate surface area is 159 Å². The lowest BCUT2D eigenvalue weighted by molar-refractivity contribution is -0.137. The summed E-state index contributed by atoms with van der Waals surface area (Å²) in [4.78, 5) is 48.8. The fourth-order valence-corrected chi connectivity index (χ4v) is 3.41. The summed E-state index contributed by atoms with van der Waals surface area (Å²) in [6, 6.07) is 4.71. The average Bonchev–Trinajstić information content (AvgIpc) is 3.25. The van der Waals surface area contributed by atoms with E-state index >= 15 is 0 Å². The van der Waals surface area contributed by atoms with Gasteiger partial charge >= 0.3 is 0 Å². The summed E-state index contributed by atoms with van der Waals surface area (Å²) in [6.45, 7) is 2.01. The molecule has 2 N–H and O–H groups in total. The van der Waals surface area contributed by atoms with Crippen LogP contribution in [-0.4, -0.2) is 49.6 Å². The smallest absolute Gasteiger partial charge is 0.255 e. The first kappa shape index (κ1) is 17.8. The highest BCUT2D eigenvalue weighted by molar-refractivity contribution is 6.05. The van der Waals surface area contributed by atoms with Crippen LogP contribution >= 0.6 is 0 Å². The molecule has 0 radical (unpaired) electrons. The SMILES string of the molecule is CC(=O)NCc1cn(-c2ccc3c(c2)C(=O)N(C2CCC(=O)NC2=O)C3)nn1.